The van der Waals surface area contributed by atoms with Crippen LogP contribution in [-0.2, 0) is 14.8 Å². The molecule has 5 heteroatoms. The van der Waals surface area contributed by atoms with Crippen LogP contribution in [0.2, 0.25) is 0 Å². The number of para-hydroxylation sites is 1. The second-order valence-corrected chi connectivity index (χ2v) is 7.02. The van der Waals surface area contributed by atoms with E-state index in [2.05, 4.69) is 0 Å². The summed E-state index contributed by atoms with van der Waals surface area (Å²) in [6.45, 7) is 2.63. The van der Waals surface area contributed by atoms with Crippen molar-refractivity contribution >= 4 is 37.5 Å². The summed E-state index contributed by atoms with van der Waals surface area (Å²) in [6, 6.07) is 7.22. The summed E-state index contributed by atoms with van der Waals surface area (Å²) >= 11 is 0. The van der Waals surface area contributed by atoms with Gasteiger partial charge in [-0.25, -0.2) is 0 Å². The van der Waals surface area contributed by atoms with Crippen LogP contribution in [0.4, 0.5) is 0 Å². The molecule has 1 aromatic heterocycles. The van der Waals surface area contributed by atoms with Gasteiger partial charge in [0.15, 0.2) is 32.3 Å². The van der Waals surface area contributed by atoms with Gasteiger partial charge in [0.2, 0.25) is 11.2 Å². The largest absolute Gasteiger partial charge is 0.490 e. The number of hydrogen-bond acceptors (Lipinski definition) is 3. The van der Waals surface area contributed by atoms with Crippen LogP contribution < -0.4 is 5.43 Å². The summed E-state index contributed by atoms with van der Waals surface area (Å²) in [5.41, 5.74) is 0.517. The zero-order chi connectivity index (χ0) is 14.1. The van der Waals surface area contributed by atoms with Crippen molar-refractivity contribution < 1.29 is 9.15 Å². The third kappa shape index (κ3) is 2.23. The van der Waals surface area contributed by atoms with E-state index in [1.807, 2.05) is 25.1 Å². The van der Waals surface area contributed by atoms with Crippen molar-refractivity contribution in [3.63, 3.8) is 0 Å². The van der Waals surface area contributed by atoms with Crippen LogP contribution in [0.5, 0.6) is 0 Å². The van der Waals surface area contributed by atoms with Crippen molar-refractivity contribution in [1.82, 2.24) is 0 Å². The SMILES string of the molecule is CCCOC1=CC[S+](Cl)c2c1oc1ccccc1c2=O. The van der Waals surface area contributed by atoms with Gasteiger partial charge in [-0.05, 0) is 18.6 Å². The number of benzene rings is 1. The highest BCUT2D eigenvalue weighted by molar-refractivity contribution is 8.18. The summed E-state index contributed by atoms with van der Waals surface area (Å²) in [5.74, 6) is 1.73. The first-order valence-corrected chi connectivity index (χ1v) is 8.70. The van der Waals surface area contributed by atoms with Gasteiger partial charge in [-0.15, -0.1) is 0 Å². The molecule has 0 saturated carbocycles. The molecule has 1 aliphatic heterocycles. The molecule has 104 valence electrons. The predicted octanol–water partition coefficient (Wildman–Crippen LogP) is 3.71. The summed E-state index contributed by atoms with van der Waals surface area (Å²) in [5, 5.41) is 0.571. The molecule has 3 rings (SSSR count). The molecular formula is C15H14ClO3S+. The normalized spacial score (nSPS) is 17.7. The van der Waals surface area contributed by atoms with Gasteiger partial charge in [0.05, 0.1) is 12.0 Å². The van der Waals surface area contributed by atoms with Crippen LogP contribution in [0, 0.1) is 0 Å². The smallest absolute Gasteiger partial charge is 0.269 e. The van der Waals surface area contributed by atoms with Crippen LogP contribution in [-0.4, -0.2) is 12.4 Å². The minimum atomic E-state index is -0.649. The molecule has 0 aliphatic carbocycles. The molecule has 2 aromatic rings. The Bertz CT molecular complexity index is 735. The summed E-state index contributed by atoms with van der Waals surface area (Å²) in [4.78, 5) is 13.1. The van der Waals surface area contributed by atoms with Crippen molar-refractivity contribution in [2.24, 2.45) is 0 Å². The number of rotatable bonds is 3. The van der Waals surface area contributed by atoms with E-state index >= 15 is 0 Å². The predicted molar refractivity (Wildman–Crippen MR) is 83.1 cm³/mol. The lowest BCUT2D eigenvalue weighted by Crippen LogP contribution is -2.20. The van der Waals surface area contributed by atoms with Crippen molar-refractivity contribution in [2.75, 3.05) is 12.4 Å². The highest BCUT2D eigenvalue weighted by Crippen LogP contribution is 2.33. The van der Waals surface area contributed by atoms with Gasteiger partial charge in [0.1, 0.15) is 5.58 Å². The highest BCUT2D eigenvalue weighted by atomic mass is 35.7. The molecule has 2 heterocycles. The second kappa shape index (κ2) is 5.54. The van der Waals surface area contributed by atoms with Gasteiger partial charge in [-0.3, -0.25) is 4.79 Å². The van der Waals surface area contributed by atoms with Gasteiger partial charge in [0.25, 0.3) is 4.90 Å². The first-order chi connectivity index (χ1) is 9.72. The maximum Gasteiger partial charge on any atom is 0.269 e. The van der Waals surface area contributed by atoms with Gasteiger partial charge >= 0.3 is 0 Å². The molecule has 20 heavy (non-hydrogen) atoms. The summed E-state index contributed by atoms with van der Waals surface area (Å²) < 4.78 is 11.6. The number of fused-ring (bicyclic) bond motifs is 2. The van der Waals surface area contributed by atoms with Crippen LogP contribution in [0.1, 0.15) is 19.1 Å². The molecule has 0 bridgehead atoms. The van der Waals surface area contributed by atoms with Crippen molar-refractivity contribution in [1.29, 1.82) is 0 Å². The Morgan fingerprint density at radius 1 is 1.40 bits per heavy atom. The molecule has 1 aromatic carbocycles. The van der Waals surface area contributed by atoms with E-state index in [0.717, 1.165) is 6.42 Å². The average Bonchev–Trinajstić information content (AvgIpc) is 2.47. The lowest BCUT2D eigenvalue weighted by molar-refractivity contribution is 0.265. The molecule has 0 spiro atoms. The third-order valence-corrected chi connectivity index (χ3v) is 5.19. The molecule has 0 N–H and O–H groups in total. The molecular weight excluding hydrogens is 296 g/mol. The Balaban J connectivity index is 2.22. The van der Waals surface area contributed by atoms with E-state index in [4.69, 9.17) is 19.8 Å². The molecule has 0 amide bonds. The van der Waals surface area contributed by atoms with E-state index < -0.39 is 10.1 Å². The molecule has 1 aliphatic rings. The zero-order valence-electron chi connectivity index (χ0n) is 11.0. The minimum absolute atomic E-state index is 0.0501. The molecule has 1 unspecified atom stereocenters. The fraction of sp³-hybridized carbons (Fsp3) is 0.267. The van der Waals surface area contributed by atoms with Crippen molar-refractivity contribution in [3.05, 3.63) is 46.3 Å². The van der Waals surface area contributed by atoms with E-state index in [-0.39, 0.29) is 5.43 Å². The topological polar surface area (TPSA) is 39.4 Å². The van der Waals surface area contributed by atoms with Gasteiger partial charge in [-0.2, -0.15) is 0 Å². The van der Waals surface area contributed by atoms with Gasteiger partial charge in [-0.1, -0.05) is 19.1 Å². The molecule has 1 atom stereocenters. The van der Waals surface area contributed by atoms with Crippen LogP contribution in [0.15, 0.2) is 44.4 Å². The lowest BCUT2D eigenvalue weighted by Gasteiger charge is -2.14. The Morgan fingerprint density at radius 2 is 2.20 bits per heavy atom. The van der Waals surface area contributed by atoms with Crippen LogP contribution in [0.25, 0.3) is 16.7 Å². The number of hydrogen-bond donors (Lipinski definition) is 0. The fourth-order valence-electron chi connectivity index (χ4n) is 2.15. The Morgan fingerprint density at radius 3 is 3.00 bits per heavy atom. The molecule has 0 saturated heterocycles. The zero-order valence-corrected chi connectivity index (χ0v) is 12.6. The van der Waals surface area contributed by atoms with Crippen LogP contribution >= 0.6 is 10.7 Å². The standard InChI is InChI=1S/C15H14ClO3S/c1-2-8-18-12-7-9-20(16)15-13(17)10-5-3-4-6-11(10)19-14(12)15/h3-7H,2,8-9H2,1H3/q+1. The third-order valence-electron chi connectivity index (χ3n) is 3.08. The average molecular weight is 310 g/mol. The van der Waals surface area contributed by atoms with Gasteiger partial charge in [0, 0.05) is 6.08 Å². The summed E-state index contributed by atoms with van der Waals surface area (Å²) in [6.07, 6.45) is 2.81. The van der Waals surface area contributed by atoms with Gasteiger partial charge < -0.3 is 9.15 Å². The minimum Gasteiger partial charge on any atom is -0.490 e. The maximum atomic E-state index is 12.6. The van der Waals surface area contributed by atoms with Crippen LogP contribution in [0.3, 0.4) is 0 Å². The van der Waals surface area contributed by atoms with Crippen molar-refractivity contribution in [2.45, 2.75) is 18.2 Å². The van der Waals surface area contributed by atoms with E-state index in [9.17, 15) is 4.79 Å². The number of halogens is 1. The van der Waals surface area contributed by atoms with E-state index in [1.165, 1.54) is 0 Å². The maximum absolute atomic E-state index is 12.6. The second-order valence-electron chi connectivity index (χ2n) is 4.50. The molecule has 3 nitrogen and oxygen atoms in total. The monoisotopic (exact) mass is 309 g/mol. The van der Waals surface area contributed by atoms with Crippen molar-refractivity contribution in [3.8, 4) is 0 Å². The molecule has 0 radical (unpaired) electrons. The number of ether oxygens (including phenoxy) is 1. The Hall–Kier alpha value is -1.39. The lowest BCUT2D eigenvalue weighted by atomic mass is 10.2. The first kappa shape index (κ1) is 13.6. The fourth-order valence-corrected chi connectivity index (χ4v) is 3.88. The first-order valence-electron chi connectivity index (χ1n) is 6.48. The Kier molecular flexibility index (Phi) is 3.76. The molecule has 0 fully saturated rings. The Labute approximate surface area is 124 Å². The van der Waals surface area contributed by atoms with E-state index in [0.29, 0.717) is 39.7 Å². The summed E-state index contributed by atoms with van der Waals surface area (Å²) in [7, 11) is 5.67. The quantitative estimate of drug-likeness (QED) is 0.811. The highest BCUT2D eigenvalue weighted by Gasteiger charge is 2.37. The van der Waals surface area contributed by atoms with E-state index in [1.54, 1.807) is 12.1 Å².